The Morgan fingerprint density at radius 2 is 1.70 bits per heavy atom. The number of thioether (sulfide) groups is 1. The second-order valence-electron chi connectivity index (χ2n) is 11.3. The Morgan fingerprint density at radius 1 is 0.981 bits per heavy atom. The quantitative estimate of drug-likeness (QED) is 0.0940. The van der Waals surface area contributed by atoms with Gasteiger partial charge < -0.3 is 19.1 Å². The first-order valence-corrected chi connectivity index (χ1v) is 16.5. The van der Waals surface area contributed by atoms with E-state index in [-0.39, 0.29) is 34.3 Å². The zero-order valence-electron chi connectivity index (χ0n) is 48.7. The fourth-order valence-electron chi connectivity index (χ4n) is 5.28. The molecule has 6 rings (SSSR count). The van der Waals surface area contributed by atoms with E-state index in [2.05, 4.69) is 0 Å². The van der Waals surface area contributed by atoms with Crippen LogP contribution in [-0.2, 0) is 34.5 Å². The number of alkyl halides is 3. The predicted molar refractivity (Wildman–Crippen MR) is 198 cm³/mol. The molecule has 0 bridgehead atoms. The molecule has 0 aliphatic carbocycles. The first kappa shape index (κ1) is 19.7. The Morgan fingerprint density at radius 3 is 2.42 bits per heavy atom. The second-order valence-corrected chi connectivity index (χ2v) is 12.3. The molecule has 5 aromatic rings. The highest BCUT2D eigenvalue weighted by Gasteiger charge is 2.32. The number of aromatic nitrogens is 1. The van der Waals surface area contributed by atoms with E-state index in [1.54, 1.807) is 0 Å². The second kappa shape index (κ2) is 16.7. The van der Waals surface area contributed by atoms with Crippen molar-refractivity contribution >= 4 is 28.6 Å². The SMILES string of the molecule is [2H]c1c([2H])c(F)c(F)c(CSc2c([2H])c(=O)c3c([2H])c([2H])c([2H])c([2H])c3n2C([2H])([2H])C(=O)N(C2CCN(CC([2H])([2H])OC)CC2)C([2H])([2H])c2c([2H])c([2H])c(-c3c([2H])c([2H])c(C(F)(F)F)c(C)c3[2H])c([2H])c2[2H])c1[2H]. The van der Waals surface area contributed by atoms with Gasteiger partial charge in [-0.2, -0.15) is 13.2 Å². The molecule has 1 amide bonds. The first-order valence-electron chi connectivity index (χ1n) is 26.1. The van der Waals surface area contributed by atoms with Crippen molar-refractivity contribution in [1.82, 2.24) is 14.4 Å². The maximum atomic E-state index is 15.5. The summed E-state index contributed by atoms with van der Waals surface area (Å²) in [5.74, 6) is -6.93. The van der Waals surface area contributed by atoms with Crippen molar-refractivity contribution in [2.75, 3.05) is 33.3 Å². The minimum Gasteiger partial charge on any atom is -0.383 e. The van der Waals surface area contributed by atoms with Crippen molar-refractivity contribution in [3.8, 4) is 11.1 Å². The topological polar surface area (TPSA) is 54.8 Å². The Balaban J connectivity index is 1.66. The summed E-state index contributed by atoms with van der Waals surface area (Å²) in [5.41, 5.74) is -9.67. The van der Waals surface area contributed by atoms with Gasteiger partial charge in [0.1, 0.15) is 6.50 Å². The number of hydrogen-bond acceptors (Lipinski definition) is 5. The molecule has 0 atom stereocenters. The number of carbonyl (C=O) groups excluding carboxylic acids is 1. The molecule has 0 radical (unpaired) electrons. The summed E-state index contributed by atoms with van der Waals surface area (Å²) in [6.07, 6.45) is -6.08. The lowest BCUT2D eigenvalue weighted by Crippen LogP contribution is -2.48. The van der Waals surface area contributed by atoms with Crippen LogP contribution in [0.4, 0.5) is 22.0 Å². The van der Waals surface area contributed by atoms with Crippen LogP contribution in [-0.4, -0.2) is 59.6 Å². The van der Waals surface area contributed by atoms with E-state index in [1.807, 2.05) is 0 Å². The number of fused-ring (bicyclic) bond motifs is 1. The number of halogens is 5. The third-order valence-corrected chi connectivity index (χ3v) is 8.90. The average molecular weight is 771 g/mol. The number of benzene rings is 4. The monoisotopic (exact) mass is 770 g/mol. The van der Waals surface area contributed by atoms with Crippen molar-refractivity contribution in [3.63, 3.8) is 0 Å². The van der Waals surface area contributed by atoms with Crippen LogP contribution < -0.4 is 5.43 Å². The van der Waals surface area contributed by atoms with E-state index in [1.165, 1.54) is 4.90 Å². The summed E-state index contributed by atoms with van der Waals surface area (Å²) >= 11 is 0.0268. The number of rotatable bonds is 12. The average Bonchev–Trinajstić information content (AvgIpc) is 3.32. The Hall–Kier alpha value is -4.52. The molecule has 1 aliphatic heterocycles. The third-order valence-electron chi connectivity index (χ3n) is 7.91. The fourth-order valence-corrected chi connectivity index (χ4v) is 6.19. The van der Waals surface area contributed by atoms with Crippen LogP contribution >= 0.6 is 11.8 Å². The molecule has 1 aliphatic rings. The summed E-state index contributed by atoms with van der Waals surface area (Å²) in [4.78, 5) is 31.1. The number of para-hydroxylation sites is 1. The highest BCUT2D eigenvalue weighted by atomic mass is 32.2. The van der Waals surface area contributed by atoms with Gasteiger partial charge in [0.2, 0.25) is 5.91 Å². The number of amides is 1. The minimum absolute atomic E-state index is 0.0268. The summed E-state index contributed by atoms with van der Waals surface area (Å²) < 4.78 is 260. The van der Waals surface area contributed by atoms with E-state index in [0.29, 0.717) is 0 Å². The lowest BCUT2D eigenvalue weighted by atomic mass is 9.98. The highest BCUT2D eigenvalue weighted by molar-refractivity contribution is 7.98. The van der Waals surface area contributed by atoms with E-state index in [0.717, 1.165) is 14.0 Å². The number of methoxy groups -OCH3 is 1. The molecule has 12 heteroatoms. The summed E-state index contributed by atoms with van der Waals surface area (Å²) in [6, 6.07) is -20.5. The number of piperidine rings is 1. The smallest absolute Gasteiger partial charge is 0.383 e. The number of pyridine rings is 1. The molecule has 4 aromatic carbocycles. The maximum absolute atomic E-state index is 15.5. The standard InChI is InChI=1S/C41H40F5N3O3S/c1-27-22-30(14-15-34(27)41(44,45)46)29-12-10-28(11-13-29)24-48(32-16-18-47(19-17-32)20-21-52-2)38(51)25-49-36-9-4-3-7-33(36)37(50)23-39(49)53-26-31-6-5-8-35(42)40(31)43/h3-15,22-23,32H,16-21,24-26H2,1-2H3/i3D,4D,5D,6D,7D,8D,9D,10D,11D,12D,13D,14D,15D,21D2,22D,23D,24D2,25D2. The zero-order valence-corrected chi connectivity index (χ0v) is 28.5. The van der Waals surface area contributed by atoms with E-state index in [9.17, 15) is 27.8 Å². The Labute approximate surface area is 338 Å². The molecule has 53 heavy (non-hydrogen) atoms. The van der Waals surface area contributed by atoms with Gasteiger partial charge in [0, 0.05) is 62.0 Å². The number of ether oxygens (including phenoxy) is 1. The van der Waals surface area contributed by atoms with Crippen molar-refractivity contribution in [2.45, 2.75) is 55.8 Å². The van der Waals surface area contributed by atoms with Crippen LogP contribution in [0, 0.1) is 18.6 Å². The van der Waals surface area contributed by atoms with Gasteiger partial charge in [-0.25, -0.2) is 8.78 Å². The molecule has 278 valence electrons. The Bertz CT molecular complexity index is 3160. The number of hydrogen-bond donors (Lipinski definition) is 0. The molecule has 0 N–H and O–H groups in total. The molecule has 1 aromatic heterocycles. The summed E-state index contributed by atoms with van der Waals surface area (Å²) in [5, 5.41) is -2.19. The van der Waals surface area contributed by atoms with Gasteiger partial charge in [0.25, 0.3) is 0 Å². The van der Waals surface area contributed by atoms with Gasteiger partial charge in [-0.3, -0.25) is 9.59 Å². The van der Waals surface area contributed by atoms with Crippen molar-refractivity contribution in [3.05, 3.63) is 135 Å². The van der Waals surface area contributed by atoms with Crippen LogP contribution in [0.25, 0.3) is 22.0 Å². The molecule has 0 saturated carbocycles. The molecular formula is C41H40F5N3O3S. The van der Waals surface area contributed by atoms with Crippen molar-refractivity contribution in [2.24, 2.45) is 0 Å². The van der Waals surface area contributed by atoms with E-state index >= 15 is 9.18 Å². The molecule has 2 heterocycles. The normalized spacial score (nSPS) is 20.6. The van der Waals surface area contributed by atoms with Gasteiger partial charge >= 0.3 is 6.18 Å². The minimum atomic E-state index is -5.26. The van der Waals surface area contributed by atoms with Gasteiger partial charge in [-0.05, 0) is 66.2 Å². The fraction of sp³-hybridized carbons (Fsp3) is 0.317. The number of likely N-dealkylation sites (tertiary alicyclic amines) is 1. The predicted octanol–water partition coefficient (Wildman–Crippen LogP) is 8.71. The molecule has 0 unspecified atom stereocenters. The molecule has 0 spiro atoms. The molecular weight excluding hydrogens is 710 g/mol. The van der Waals surface area contributed by atoms with Crippen molar-refractivity contribution < 1.29 is 60.3 Å². The van der Waals surface area contributed by atoms with Crippen LogP contribution in [0.5, 0.6) is 0 Å². The van der Waals surface area contributed by atoms with Crippen LogP contribution in [0.1, 0.15) is 63.9 Å². The highest BCUT2D eigenvalue weighted by Crippen LogP contribution is 2.34. The first-order chi connectivity index (χ1) is 33.9. The number of carbonyl (C=O) groups is 1. The van der Waals surface area contributed by atoms with Gasteiger partial charge in [-0.15, -0.1) is 11.8 Å². The lowest BCUT2D eigenvalue weighted by Gasteiger charge is -2.39. The number of nitrogens with zero attached hydrogens (tertiary/aromatic N) is 3. The van der Waals surface area contributed by atoms with Gasteiger partial charge in [0.05, 0.1) is 51.5 Å². The van der Waals surface area contributed by atoms with Gasteiger partial charge in [0.15, 0.2) is 17.1 Å². The molecule has 1 saturated heterocycles. The summed E-state index contributed by atoms with van der Waals surface area (Å²) in [6.45, 7) is -10.2. The third kappa shape index (κ3) is 9.00. The van der Waals surface area contributed by atoms with Gasteiger partial charge in [-0.1, -0.05) is 60.4 Å². The summed E-state index contributed by atoms with van der Waals surface area (Å²) in [7, 11) is 1.07. The maximum Gasteiger partial charge on any atom is 0.416 e. The van der Waals surface area contributed by atoms with Crippen LogP contribution in [0.2, 0.25) is 0 Å². The lowest BCUT2D eigenvalue weighted by molar-refractivity contribution is -0.138. The van der Waals surface area contributed by atoms with Crippen molar-refractivity contribution in [1.29, 1.82) is 0 Å². The van der Waals surface area contributed by atoms with E-state index < -0.39 is 220 Å². The van der Waals surface area contributed by atoms with E-state index in [4.69, 9.17) is 28.0 Å². The molecule has 1 fully saturated rings. The largest absolute Gasteiger partial charge is 0.416 e. The molecule has 6 nitrogen and oxygen atoms in total. The Kier molecular flexibility index (Phi) is 6.19. The van der Waals surface area contributed by atoms with Crippen LogP contribution in [0.3, 0.4) is 0 Å². The zero-order chi connectivity index (χ0) is 56.1. The van der Waals surface area contributed by atoms with Crippen LogP contribution in [0.15, 0.2) is 100 Å².